The predicted octanol–water partition coefficient (Wildman–Crippen LogP) is 0.325. The van der Waals surface area contributed by atoms with Crippen molar-refractivity contribution >= 4 is 5.91 Å². The second-order valence-corrected chi connectivity index (χ2v) is 7.65. The molecular formula is C19H20N8O2. The van der Waals surface area contributed by atoms with Crippen molar-refractivity contribution in [3.8, 4) is 11.4 Å². The highest BCUT2D eigenvalue weighted by Crippen LogP contribution is 2.43. The highest BCUT2D eigenvalue weighted by molar-refractivity contribution is 5.76. The zero-order valence-corrected chi connectivity index (χ0v) is 15.8. The molecule has 29 heavy (non-hydrogen) atoms. The van der Waals surface area contributed by atoms with Crippen LogP contribution in [0.25, 0.3) is 11.4 Å². The number of carbonyl (C=O) groups excluding carboxylic acids is 1. The third-order valence-electron chi connectivity index (χ3n) is 5.90. The van der Waals surface area contributed by atoms with Crippen molar-refractivity contribution in [3.63, 3.8) is 0 Å². The van der Waals surface area contributed by atoms with Crippen LogP contribution in [-0.4, -0.2) is 59.1 Å². The average Bonchev–Trinajstić information content (AvgIpc) is 3.38. The lowest BCUT2D eigenvalue weighted by Crippen LogP contribution is -2.49. The van der Waals surface area contributed by atoms with E-state index in [1.807, 2.05) is 17.0 Å². The fourth-order valence-corrected chi connectivity index (χ4v) is 4.51. The Kier molecular flexibility index (Phi) is 4.18. The number of nitrogens with one attached hydrogen (secondary N) is 1. The maximum Gasteiger partial charge on any atom is 0.254 e. The largest absolute Gasteiger partial charge is 0.340 e. The molecule has 1 unspecified atom stereocenters. The SMILES string of the molecule is O=C(Cn1ncnn1)N1CCCC2(CCc3c2nc(-c2cccnc2)[nH]c3=O)C1. The minimum atomic E-state index is -0.287. The first-order valence-electron chi connectivity index (χ1n) is 9.67. The Morgan fingerprint density at radius 2 is 2.24 bits per heavy atom. The van der Waals surface area contributed by atoms with E-state index in [1.165, 1.54) is 11.1 Å². The summed E-state index contributed by atoms with van der Waals surface area (Å²) in [5, 5.41) is 11.3. The van der Waals surface area contributed by atoms with Gasteiger partial charge in [-0.1, -0.05) is 0 Å². The fourth-order valence-electron chi connectivity index (χ4n) is 4.51. The van der Waals surface area contributed by atoms with Crippen LogP contribution in [0.3, 0.4) is 0 Å². The maximum atomic E-state index is 12.8. The monoisotopic (exact) mass is 392 g/mol. The zero-order chi connectivity index (χ0) is 19.8. The molecule has 0 radical (unpaired) electrons. The molecule has 0 bridgehead atoms. The molecule has 3 aromatic rings. The van der Waals surface area contributed by atoms with E-state index in [0.717, 1.165) is 36.1 Å². The molecule has 10 nitrogen and oxygen atoms in total. The number of amides is 1. The number of carbonyl (C=O) groups is 1. The minimum absolute atomic E-state index is 0.0483. The maximum absolute atomic E-state index is 12.8. The van der Waals surface area contributed by atoms with E-state index in [9.17, 15) is 9.59 Å². The number of pyridine rings is 1. The first-order valence-corrected chi connectivity index (χ1v) is 9.67. The van der Waals surface area contributed by atoms with E-state index in [4.69, 9.17) is 4.98 Å². The summed E-state index contributed by atoms with van der Waals surface area (Å²) in [5.41, 5.74) is 1.96. The molecule has 0 aromatic carbocycles. The molecule has 0 saturated carbocycles. The lowest BCUT2D eigenvalue weighted by atomic mass is 9.77. The molecule has 1 saturated heterocycles. The van der Waals surface area contributed by atoms with Crippen molar-refractivity contribution in [1.29, 1.82) is 0 Å². The zero-order valence-electron chi connectivity index (χ0n) is 15.8. The van der Waals surface area contributed by atoms with Crippen molar-refractivity contribution in [2.75, 3.05) is 13.1 Å². The molecule has 1 atom stereocenters. The van der Waals surface area contributed by atoms with Crippen LogP contribution in [0.2, 0.25) is 0 Å². The average molecular weight is 392 g/mol. The number of rotatable bonds is 3. The fraction of sp³-hybridized carbons (Fsp3) is 0.421. The quantitative estimate of drug-likeness (QED) is 0.681. The van der Waals surface area contributed by atoms with Gasteiger partial charge in [0.05, 0.1) is 5.69 Å². The van der Waals surface area contributed by atoms with Gasteiger partial charge < -0.3 is 9.88 Å². The molecule has 1 amide bonds. The summed E-state index contributed by atoms with van der Waals surface area (Å²) >= 11 is 0. The summed E-state index contributed by atoms with van der Waals surface area (Å²) in [4.78, 5) is 40.5. The van der Waals surface area contributed by atoms with Crippen molar-refractivity contribution in [3.05, 3.63) is 52.5 Å². The molecule has 148 valence electrons. The Morgan fingerprint density at radius 3 is 3.03 bits per heavy atom. The van der Waals surface area contributed by atoms with Crippen LogP contribution in [-0.2, 0) is 23.2 Å². The Balaban J connectivity index is 1.47. The van der Waals surface area contributed by atoms with Gasteiger partial charge in [0, 0.05) is 42.0 Å². The molecule has 5 rings (SSSR count). The van der Waals surface area contributed by atoms with Gasteiger partial charge >= 0.3 is 0 Å². The molecule has 10 heteroatoms. The smallest absolute Gasteiger partial charge is 0.254 e. The van der Waals surface area contributed by atoms with E-state index in [-0.39, 0.29) is 23.4 Å². The van der Waals surface area contributed by atoms with E-state index < -0.39 is 0 Å². The Bertz CT molecular complexity index is 1100. The number of piperidine rings is 1. The summed E-state index contributed by atoms with van der Waals surface area (Å²) in [5.74, 6) is 0.478. The number of likely N-dealkylation sites (tertiary alicyclic amines) is 1. The van der Waals surface area contributed by atoms with E-state index in [1.54, 1.807) is 12.4 Å². The van der Waals surface area contributed by atoms with Gasteiger partial charge in [-0.15, -0.1) is 10.2 Å². The number of hydrogen-bond donors (Lipinski definition) is 1. The summed E-state index contributed by atoms with van der Waals surface area (Å²) in [6, 6.07) is 3.69. The number of aromatic nitrogens is 7. The topological polar surface area (TPSA) is 123 Å². The molecule has 1 aliphatic carbocycles. The molecule has 1 N–H and O–H groups in total. The summed E-state index contributed by atoms with van der Waals surface area (Å²) in [6.45, 7) is 1.30. The van der Waals surface area contributed by atoms with Crippen LogP contribution in [0.15, 0.2) is 35.6 Å². The summed E-state index contributed by atoms with van der Waals surface area (Å²) < 4.78 is 0. The number of aromatic amines is 1. The lowest BCUT2D eigenvalue weighted by molar-refractivity contribution is -0.134. The number of tetrazole rings is 1. The van der Waals surface area contributed by atoms with Crippen molar-refractivity contribution in [2.24, 2.45) is 0 Å². The van der Waals surface area contributed by atoms with E-state index in [0.29, 0.717) is 25.3 Å². The first kappa shape index (κ1) is 17.7. The number of fused-ring (bicyclic) bond motifs is 2. The molecule has 1 aliphatic heterocycles. The normalized spacial score (nSPS) is 20.8. The van der Waals surface area contributed by atoms with Crippen LogP contribution < -0.4 is 5.56 Å². The predicted molar refractivity (Wildman–Crippen MR) is 102 cm³/mol. The highest BCUT2D eigenvalue weighted by atomic mass is 16.2. The number of H-pyrrole nitrogens is 1. The van der Waals surface area contributed by atoms with Gasteiger partial charge in [-0.3, -0.25) is 14.6 Å². The second-order valence-electron chi connectivity index (χ2n) is 7.65. The standard InChI is InChI=1S/C19H20N8O2/c28-15(10-27-22-12-21-25-27)26-8-2-5-19(11-26)6-4-14-16(19)23-17(24-18(14)29)13-3-1-7-20-9-13/h1,3,7,9,12H,2,4-6,8,10-11H2,(H,23,24,29). The summed E-state index contributed by atoms with van der Waals surface area (Å²) in [6.07, 6.45) is 7.96. The molecule has 3 aromatic heterocycles. The first-order chi connectivity index (χ1) is 14.1. The van der Waals surface area contributed by atoms with Crippen LogP contribution in [0, 0.1) is 0 Å². The van der Waals surface area contributed by atoms with E-state index >= 15 is 0 Å². The Labute approximate surface area is 166 Å². The second kappa shape index (κ2) is 6.87. The molecule has 4 heterocycles. The van der Waals surface area contributed by atoms with Crippen LogP contribution in [0.4, 0.5) is 0 Å². The Hall–Kier alpha value is -3.43. The third-order valence-corrected chi connectivity index (χ3v) is 5.90. The van der Waals surface area contributed by atoms with Crippen LogP contribution >= 0.6 is 0 Å². The van der Waals surface area contributed by atoms with Crippen LogP contribution in [0.1, 0.15) is 30.5 Å². The van der Waals surface area contributed by atoms with Gasteiger partial charge in [0.25, 0.3) is 5.56 Å². The highest BCUT2D eigenvalue weighted by Gasteiger charge is 2.45. The lowest BCUT2D eigenvalue weighted by Gasteiger charge is -2.40. The van der Waals surface area contributed by atoms with E-state index in [2.05, 4.69) is 25.4 Å². The van der Waals surface area contributed by atoms with Gasteiger partial charge in [-0.25, -0.2) is 4.98 Å². The number of hydrogen-bond acceptors (Lipinski definition) is 7. The molecular weight excluding hydrogens is 372 g/mol. The van der Waals surface area contributed by atoms with Gasteiger partial charge in [0.1, 0.15) is 12.4 Å². The Morgan fingerprint density at radius 1 is 1.31 bits per heavy atom. The van der Waals surface area contributed by atoms with Crippen LogP contribution in [0.5, 0.6) is 0 Å². The van der Waals surface area contributed by atoms with Gasteiger partial charge in [0.15, 0.2) is 6.33 Å². The number of nitrogens with zero attached hydrogens (tertiary/aromatic N) is 7. The van der Waals surface area contributed by atoms with Crippen molar-refractivity contribution in [1.82, 2.24) is 40.1 Å². The molecule has 1 spiro atoms. The van der Waals surface area contributed by atoms with Crippen molar-refractivity contribution in [2.45, 2.75) is 37.6 Å². The summed E-state index contributed by atoms with van der Waals surface area (Å²) in [7, 11) is 0. The minimum Gasteiger partial charge on any atom is -0.340 e. The van der Waals surface area contributed by atoms with Gasteiger partial charge in [-0.2, -0.15) is 4.80 Å². The van der Waals surface area contributed by atoms with Gasteiger partial charge in [-0.05, 0) is 43.0 Å². The van der Waals surface area contributed by atoms with Gasteiger partial charge in [0.2, 0.25) is 5.91 Å². The molecule has 2 aliphatic rings. The third kappa shape index (κ3) is 3.10. The van der Waals surface area contributed by atoms with Crippen molar-refractivity contribution < 1.29 is 4.79 Å². The molecule has 1 fully saturated rings.